The van der Waals surface area contributed by atoms with Gasteiger partial charge in [-0.3, -0.25) is 28.4 Å². The molecule has 1 unspecified atom stereocenters. The van der Waals surface area contributed by atoms with E-state index >= 15 is 0 Å². The standard InChI is InChI=1S/C28H23F6N5O4S/c29-16-6-15(7-17(30)9-16)22(10-23-18(2-1-5-36-23)14-3-4-21(31)19(8-14)27(35)41)37-25(40)11-39-24-13-44(42,43)12-20(24)26(38-39)28(32,33)34/h1-9,22,42-43H,10-13H2,(H2,35,41)(H,37,40). The first-order valence-corrected chi connectivity index (χ1v) is 14.7. The third kappa shape index (κ3) is 6.56. The van der Waals surface area contributed by atoms with E-state index in [9.17, 15) is 45.0 Å². The van der Waals surface area contributed by atoms with Crippen LogP contribution in [0.5, 0.6) is 0 Å². The van der Waals surface area contributed by atoms with E-state index in [0.29, 0.717) is 17.2 Å². The first-order chi connectivity index (χ1) is 20.6. The van der Waals surface area contributed by atoms with Crippen molar-refractivity contribution in [3.05, 3.63) is 106 Å². The average molecular weight is 640 g/mol. The molecule has 2 aromatic heterocycles. The van der Waals surface area contributed by atoms with E-state index in [4.69, 9.17) is 5.73 Å². The molecule has 1 aliphatic rings. The molecular weight excluding hydrogens is 616 g/mol. The zero-order valence-corrected chi connectivity index (χ0v) is 23.2. The summed E-state index contributed by atoms with van der Waals surface area (Å²) < 4.78 is 104. The molecular formula is C28H23F6N5O4S. The summed E-state index contributed by atoms with van der Waals surface area (Å²) in [5.41, 5.74) is 3.87. The average Bonchev–Trinajstić information content (AvgIpc) is 3.41. The first kappa shape index (κ1) is 31.0. The SMILES string of the molecule is NC(=O)c1cc(-c2cccnc2CC(NC(=O)Cn2nc(C(F)(F)F)c3c2CS(O)(O)C3)c2cc(F)cc(F)c2)ccc1F. The number of halogens is 6. The molecule has 5 N–H and O–H groups in total. The Morgan fingerprint density at radius 3 is 2.41 bits per heavy atom. The molecule has 0 aliphatic carbocycles. The van der Waals surface area contributed by atoms with Gasteiger partial charge in [0, 0.05) is 29.8 Å². The van der Waals surface area contributed by atoms with E-state index in [1.54, 1.807) is 12.1 Å². The van der Waals surface area contributed by atoms with Gasteiger partial charge in [0.15, 0.2) is 5.69 Å². The maximum absolute atomic E-state index is 14.2. The number of rotatable bonds is 8. The van der Waals surface area contributed by atoms with Crippen LogP contribution >= 0.6 is 10.6 Å². The lowest BCUT2D eigenvalue weighted by molar-refractivity contribution is -0.142. The van der Waals surface area contributed by atoms with Gasteiger partial charge in [0.1, 0.15) is 24.0 Å². The third-order valence-electron chi connectivity index (χ3n) is 6.92. The molecule has 0 radical (unpaired) electrons. The van der Waals surface area contributed by atoms with E-state index in [1.807, 2.05) is 0 Å². The van der Waals surface area contributed by atoms with Gasteiger partial charge in [-0.1, -0.05) is 12.1 Å². The number of carbonyl (C=O) groups is 2. The quantitative estimate of drug-likeness (QED) is 0.192. The predicted molar refractivity (Wildman–Crippen MR) is 147 cm³/mol. The highest BCUT2D eigenvalue weighted by Gasteiger charge is 2.44. The molecule has 44 heavy (non-hydrogen) atoms. The van der Waals surface area contributed by atoms with Gasteiger partial charge in [-0.25, -0.2) is 13.2 Å². The number of nitrogens with zero attached hydrogens (tertiary/aromatic N) is 3. The number of hydrogen-bond acceptors (Lipinski definition) is 6. The third-order valence-corrected chi connectivity index (χ3v) is 8.41. The van der Waals surface area contributed by atoms with Gasteiger partial charge in [-0.05, 0) is 41.5 Å². The van der Waals surface area contributed by atoms with Gasteiger partial charge < -0.3 is 11.1 Å². The monoisotopic (exact) mass is 639 g/mol. The molecule has 0 fully saturated rings. The number of fused-ring (bicyclic) bond motifs is 1. The maximum atomic E-state index is 14.2. The summed E-state index contributed by atoms with van der Waals surface area (Å²) in [6, 6.07) is 8.06. The highest BCUT2D eigenvalue weighted by molar-refractivity contribution is 8.23. The summed E-state index contributed by atoms with van der Waals surface area (Å²) in [6.07, 6.45) is -3.73. The number of benzene rings is 2. The number of aromatic nitrogens is 3. The second-order valence-corrected chi connectivity index (χ2v) is 12.3. The lowest BCUT2D eigenvalue weighted by atomic mass is 9.95. The summed E-state index contributed by atoms with van der Waals surface area (Å²) in [6.45, 7) is -0.781. The Labute approximate surface area is 247 Å². The maximum Gasteiger partial charge on any atom is 0.435 e. The summed E-state index contributed by atoms with van der Waals surface area (Å²) in [4.78, 5) is 29.2. The normalized spacial score (nSPS) is 15.5. The van der Waals surface area contributed by atoms with Gasteiger partial charge in [0.2, 0.25) is 5.91 Å². The highest BCUT2D eigenvalue weighted by atomic mass is 32.3. The Kier molecular flexibility index (Phi) is 8.17. The molecule has 16 heteroatoms. The number of carbonyl (C=O) groups excluding carboxylic acids is 2. The van der Waals surface area contributed by atoms with Crippen LogP contribution < -0.4 is 11.1 Å². The topological polar surface area (TPSA) is 143 Å². The van der Waals surface area contributed by atoms with Crippen LogP contribution in [0.3, 0.4) is 0 Å². The van der Waals surface area contributed by atoms with Gasteiger partial charge in [0.25, 0.3) is 5.91 Å². The van der Waals surface area contributed by atoms with E-state index < -0.39 is 86.9 Å². The second kappa shape index (κ2) is 11.6. The van der Waals surface area contributed by atoms with Crippen LogP contribution in [0.4, 0.5) is 26.3 Å². The van der Waals surface area contributed by atoms with Crippen LogP contribution in [-0.2, 0) is 35.4 Å². The minimum absolute atomic E-state index is 0.0414. The first-order valence-electron chi connectivity index (χ1n) is 12.8. The summed E-state index contributed by atoms with van der Waals surface area (Å²) in [5.74, 6) is -5.89. The largest absolute Gasteiger partial charge is 0.435 e. The Morgan fingerprint density at radius 2 is 1.75 bits per heavy atom. The molecule has 3 heterocycles. The molecule has 0 spiro atoms. The molecule has 2 amide bonds. The second-order valence-electron chi connectivity index (χ2n) is 10.1. The minimum Gasteiger partial charge on any atom is -0.366 e. The Balaban J connectivity index is 1.49. The molecule has 2 aromatic carbocycles. The number of nitrogens with one attached hydrogen (secondary N) is 1. The highest BCUT2D eigenvalue weighted by Crippen LogP contribution is 2.55. The fraction of sp³-hybridized carbons (Fsp3) is 0.214. The Bertz CT molecular complexity index is 1760. The number of nitrogens with two attached hydrogens (primary N) is 1. The van der Waals surface area contributed by atoms with Crippen LogP contribution in [0.15, 0.2) is 54.7 Å². The number of amides is 2. The van der Waals surface area contributed by atoms with Crippen molar-refractivity contribution in [2.45, 2.75) is 36.7 Å². The van der Waals surface area contributed by atoms with Crippen molar-refractivity contribution < 1.29 is 45.0 Å². The summed E-state index contributed by atoms with van der Waals surface area (Å²) in [7, 11) is -3.40. The minimum atomic E-state index is -4.92. The van der Waals surface area contributed by atoms with Gasteiger partial charge >= 0.3 is 6.18 Å². The molecule has 5 rings (SSSR count). The van der Waals surface area contributed by atoms with Gasteiger partial charge in [0.05, 0.1) is 34.5 Å². The van der Waals surface area contributed by atoms with Crippen molar-refractivity contribution in [1.29, 1.82) is 0 Å². The van der Waals surface area contributed by atoms with Crippen LogP contribution in [0.25, 0.3) is 11.1 Å². The molecule has 4 aromatic rings. The molecule has 1 atom stereocenters. The fourth-order valence-electron chi connectivity index (χ4n) is 5.05. The van der Waals surface area contributed by atoms with Crippen LogP contribution in [0.2, 0.25) is 0 Å². The predicted octanol–water partition coefficient (Wildman–Crippen LogP) is 5.34. The molecule has 0 bridgehead atoms. The van der Waals surface area contributed by atoms with Crippen molar-refractivity contribution in [2.75, 3.05) is 0 Å². The fourth-order valence-corrected chi connectivity index (χ4v) is 6.68. The van der Waals surface area contributed by atoms with Crippen molar-refractivity contribution >= 4 is 22.4 Å². The van der Waals surface area contributed by atoms with E-state index in [2.05, 4.69) is 15.4 Å². The van der Waals surface area contributed by atoms with Crippen molar-refractivity contribution in [3.63, 3.8) is 0 Å². The molecule has 1 aliphatic heterocycles. The van der Waals surface area contributed by atoms with Gasteiger partial charge in [-0.15, -0.1) is 0 Å². The lowest BCUT2D eigenvalue weighted by Gasteiger charge is -2.26. The van der Waals surface area contributed by atoms with Crippen molar-refractivity contribution in [3.8, 4) is 11.1 Å². The van der Waals surface area contributed by atoms with E-state index in [1.165, 1.54) is 18.3 Å². The van der Waals surface area contributed by atoms with Gasteiger partial charge in [-0.2, -0.15) is 28.9 Å². The number of hydrogen-bond donors (Lipinski definition) is 4. The van der Waals surface area contributed by atoms with Crippen molar-refractivity contribution in [2.24, 2.45) is 5.73 Å². The van der Waals surface area contributed by atoms with E-state index in [0.717, 1.165) is 22.9 Å². The molecule has 232 valence electrons. The van der Waals surface area contributed by atoms with E-state index in [-0.39, 0.29) is 23.4 Å². The zero-order valence-electron chi connectivity index (χ0n) is 22.4. The Hall–Kier alpha value is -4.41. The Morgan fingerprint density at radius 1 is 1.05 bits per heavy atom. The zero-order chi connectivity index (χ0) is 32.0. The number of alkyl halides is 3. The summed E-state index contributed by atoms with van der Waals surface area (Å²) >= 11 is 0. The summed E-state index contributed by atoms with van der Waals surface area (Å²) in [5, 5.41) is 6.06. The smallest absolute Gasteiger partial charge is 0.366 e. The number of primary amides is 1. The van der Waals surface area contributed by atoms with Crippen molar-refractivity contribution in [1.82, 2.24) is 20.1 Å². The van der Waals surface area contributed by atoms with Crippen LogP contribution in [-0.4, -0.2) is 35.7 Å². The van der Waals surface area contributed by atoms with Crippen LogP contribution in [0, 0.1) is 17.5 Å². The molecule has 0 saturated carbocycles. The molecule has 9 nitrogen and oxygen atoms in total. The lowest BCUT2D eigenvalue weighted by Crippen LogP contribution is -2.34. The molecule has 0 saturated heterocycles. The van der Waals surface area contributed by atoms with Crippen LogP contribution in [0.1, 0.15) is 44.6 Å². The number of pyridine rings is 1.